The van der Waals surface area contributed by atoms with Gasteiger partial charge in [-0.1, -0.05) is 25.1 Å². The van der Waals surface area contributed by atoms with Crippen molar-refractivity contribution in [1.82, 2.24) is 24.7 Å². The Hall–Kier alpha value is -4.28. The van der Waals surface area contributed by atoms with Crippen molar-refractivity contribution in [2.24, 2.45) is 0 Å². The van der Waals surface area contributed by atoms with Crippen LogP contribution in [0.4, 0.5) is 20.4 Å². The van der Waals surface area contributed by atoms with E-state index in [0.717, 1.165) is 6.20 Å². The molecule has 1 atom stereocenters. The molecule has 0 saturated carbocycles. The molecule has 0 saturated heterocycles. The molecule has 0 radical (unpaired) electrons. The number of carbonyl (C=O) groups excluding carboxylic acids is 2. The average Bonchev–Trinajstić information content (AvgIpc) is 3.13. The molecule has 0 fully saturated rings. The second kappa shape index (κ2) is 8.14. The van der Waals surface area contributed by atoms with Crippen LogP contribution in [-0.4, -0.2) is 36.5 Å². The lowest BCUT2D eigenvalue weighted by Gasteiger charge is -2.36. The molecule has 2 amide bonds. The van der Waals surface area contributed by atoms with E-state index in [-0.39, 0.29) is 42.7 Å². The largest absolute Gasteiger partial charge is 0.310 e. The summed E-state index contributed by atoms with van der Waals surface area (Å²) in [5, 5.41) is 10.5. The van der Waals surface area contributed by atoms with Crippen molar-refractivity contribution < 1.29 is 18.4 Å². The molecule has 0 unspecified atom stereocenters. The van der Waals surface area contributed by atoms with Crippen molar-refractivity contribution in [3.8, 4) is 11.5 Å². The van der Waals surface area contributed by atoms with Crippen LogP contribution in [0.2, 0.25) is 0 Å². The number of pyridine rings is 1. The minimum atomic E-state index is -0.586. The van der Waals surface area contributed by atoms with Crippen molar-refractivity contribution in [2.75, 3.05) is 10.6 Å². The van der Waals surface area contributed by atoms with E-state index in [0.29, 0.717) is 46.6 Å². The van der Waals surface area contributed by atoms with Gasteiger partial charge in [-0.15, -0.1) is 0 Å². The molecular formula is C25H21F2N7O2. The van der Waals surface area contributed by atoms with Gasteiger partial charge in [0.2, 0.25) is 11.8 Å². The first-order chi connectivity index (χ1) is 17.4. The van der Waals surface area contributed by atoms with Crippen LogP contribution in [0.3, 0.4) is 0 Å². The third-order valence-corrected chi connectivity index (χ3v) is 7.00. The number of carbonyl (C=O) groups is 2. The van der Waals surface area contributed by atoms with E-state index in [9.17, 15) is 18.4 Å². The van der Waals surface area contributed by atoms with Gasteiger partial charge < -0.3 is 10.6 Å². The smallest absolute Gasteiger partial charge is 0.226 e. The third kappa shape index (κ3) is 3.50. The van der Waals surface area contributed by atoms with E-state index in [4.69, 9.17) is 0 Å². The van der Waals surface area contributed by atoms with Crippen LogP contribution < -0.4 is 10.6 Å². The van der Waals surface area contributed by atoms with E-state index < -0.39 is 17.0 Å². The van der Waals surface area contributed by atoms with Gasteiger partial charge in [-0.05, 0) is 25.0 Å². The second-order valence-electron chi connectivity index (χ2n) is 9.15. The highest BCUT2D eigenvalue weighted by Crippen LogP contribution is 2.48. The highest BCUT2D eigenvalue weighted by atomic mass is 19.1. The number of amides is 2. The Labute approximate surface area is 204 Å². The third-order valence-electron chi connectivity index (χ3n) is 7.00. The molecule has 3 aromatic heterocycles. The molecule has 2 aliphatic heterocycles. The topological polar surface area (TPSA) is 115 Å². The Morgan fingerprint density at radius 1 is 1.08 bits per heavy atom. The minimum absolute atomic E-state index is 0.0476. The van der Waals surface area contributed by atoms with Gasteiger partial charge in [0, 0.05) is 29.4 Å². The Kier molecular flexibility index (Phi) is 5.02. The van der Waals surface area contributed by atoms with Crippen molar-refractivity contribution in [1.29, 1.82) is 0 Å². The Balaban J connectivity index is 1.56. The van der Waals surface area contributed by atoms with Gasteiger partial charge in [0.1, 0.15) is 29.0 Å². The first-order valence-electron chi connectivity index (χ1n) is 11.6. The van der Waals surface area contributed by atoms with Gasteiger partial charge in [-0.2, -0.15) is 5.10 Å². The van der Waals surface area contributed by atoms with Crippen molar-refractivity contribution in [2.45, 2.75) is 44.6 Å². The van der Waals surface area contributed by atoms with Gasteiger partial charge in [-0.25, -0.2) is 28.4 Å². The Morgan fingerprint density at radius 2 is 1.83 bits per heavy atom. The maximum absolute atomic E-state index is 14.4. The summed E-state index contributed by atoms with van der Waals surface area (Å²) in [6.45, 7) is 2.02. The Morgan fingerprint density at radius 3 is 2.58 bits per heavy atom. The standard InChI is InChI=1S/C25H21F2N7O2/c1-2-25-8-7-17(35)29-21-19(25)22(30-18(36)10-25)32-23(31-21)20-15-9-14(26)11-28-24(15)34(33-20)12-13-5-3-4-6-16(13)27/h3-6,9,11H,2,7-8,10,12H2,1H3,(H2,29,30,31,32,35,36)/t25-/m0/s1. The first kappa shape index (κ1) is 22.2. The van der Waals surface area contributed by atoms with Crippen LogP contribution >= 0.6 is 0 Å². The monoisotopic (exact) mass is 489 g/mol. The number of hydrogen-bond acceptors (Lipinski definition) is 6. The summed E-state index contributed by atoms with van der Waals surface area (Å²) in [5.74, 6) is -0.704. The highest BCUT2D eigenvalue weighted by Gasteiger charge is 2.44. The summed E-state index contributed by atoms with van der Waals surface area (Å²) >= 11 is 0. The molecule has 182 valence electrons. The maximum atomic E-state index is 14.4. The number of nitrogens with zero attached hydrogens (tertiary/aromatic N) is 5. The van der Waals surface area contributed by atoms with E-state index >= 15 is 0 Å². The predicted octanol–water partition coefficient (Wildman–Crippen LogP) is 3.94. The van der Waals surface area contributed by atoms with Gasteiger partial charge in [-0.3, -0.25) is 9.59 Å². The van der Waals surface area contributed by atoms with Gasteiger partial charge in [0.15, 0.2) is 11.5 Å². The molecule has 4 aromatic rings. The van der Waals surface area contributed by atoms with E-state index in [1.165, 1.54) is 16.8 Å². The molecule has 9 nitrogen and oxygen atoms in total. The molecule has 36 heavy (non-hydrogen) atoms. The molecule has 11 heteroatoms. The molecule has 0 spiro atoms. The molecule has 5 heterocycles. The van der Waals surface area contributed by atoms with Gasteiger partial charge in [0.25, 0.3) is 0 Å². The van der Waals surface area contributed by atoms with E-state index in [2.05, 4.69) is 30.7 Å². The zero-order valence-corrected chi connectivity index (χ0v) is 19.3. The number of fused-ring (bicyclic) bond motifs is 1. The number of aromatic nitrogens is 5. The van der Waals surface area contributed by atoms with Crippen LogP contribution in [-0.2, 0) is 21.5 Å². The van der Waals surface area contributed by atoms with Crippen molar-refractivity contribution in [3.05, 3.63) is 59.3 Å². The summed E-state index contributed by atoms with van der Waals surface area (Å²) < 4.78 is 30.1. The lowest BCUT2D eigenvalue weighted by molar-refractivity contribution is -0.119. The zero-order chi connectivity index (χ0) is 25.0. The number of benzene rings is 1. The van der Waals surface area contributed by atoms with Crippen LogP contribution in [0, 0.1) is 11.6 Å². The SMILES string of the molecule is CC[C@@]12CCC(=O)Nc3nc(-c4nn(Cc5ccccc5F)c5ncc(F)cc45)nc(c31)NC(=O)C2. The Bertz CT molecular complexity index is 1570. The fourth-order valence-corrected chi connectivity index (χ4v) is 5.16. The number of anilines is 2. The first-order valence-corrected chi connectivity index (χ1v) is 11.6. The zero-order valence-electron chi connectivity index (χ0n) is 19.3. The van der Waals surface area contributed by atoms with Crippen LogP contribution in [0.5, 0.6) is 0 Å². The lowest BCUT2D eigenvalue weighted by atomic mass is 9.71. The quantitative estimate of drug-likeness (QED) is 0.449. The van der Waals surface area contributed by atoms with Crippen molar-refractivity contribution in [3.63, 3.8) is 0 Å². The van der Waals surface area contributed by atoms with Crippen molar-refractivity contribution >= 4 is 34.5 Å². The summed E-state index contributed by atoms with van der Waals surface area (Å²) in [4.78, 5) is 38.6. The summed E-state index contributed by atoms with van der Waals surface area (Å²) in [6.07, 6.45) is 2.68. The number of rotatable bonds is 4. The fraction of sp³-hybridized carbons (Fsp3) is 0.280. The fourth-order valence-electron chi connectivity index (χ4n) is 5.16. The van der Waals surface area contributed by atoms with Crippen LogP contribution in [0.15, 0.2) is 36.5 Å². The lowest BCUT2D eigenvalue weighted by Crippen LogP contribution is -2.37. The molecule has 2 aliphatic rings. The molecule has 1 aromatic carbocycles. The number of nitrogens with one attached hydrogen (secondary N) is 2. The highest BCUT2D eigenvalue weighted by molar-refractivity contribution is 6.00. The molecule has 2 N–H and O–H groups in total. The predicted molar refractivity (Wildman–Crippen MR) is 127 cm³/mol. The van der Waals surface area contributed by atoms with Crippen LogP contribution in [0.25, 0.3) is 22.6 Å². The number of halogens is 2. The van der Waals surface area contributed by atoms with Gasteiger partial charge >= 0.3 is 0 Å². The normalized spacial score (nSPS) is 19.0. The molecule has 0 aliphatic carbocycles. The van der Waals surface area contributed by atoms with E-state index in [1.807, 2.05) is 6.92 Å². The van der Waals surface area contributed by atoms with Crippen LogP contribution in [0.1, 0.15) is 43.7 Å². The summed E-state index contributed by atoms with van der Waals surface area (Å²) in [7, 11) is 0. The maximum Gasteiger partial charge on any atom is 0.226 e. The summed E-state index contributed by atoms with van der Waals surface area (Å²) in [6, 6.07) is 7.54. The second-order valence-corrected chi connectivity index (χ2v) is 9.15. The minimum Gasteiger partial charge on any atom is -0.310 e. The molecular weight excluding hydrogens is 468 g/mol. The summed E-state index contributed by atoms with van der Waals surface area (Å²) in [5.41, 5.74) is 1.03. The molecule has 6 rings (SSSR count). The average molecular weight is 489 g/mol. The van der Waals surface area contributed by atoms with Gasteiger partial charge in [0.05, 0.1) is 18.1 Å². The van der Waals surface area contributed by atoms with E-state index in [1.54, 1.807) is 18.2 Å². The number of hydrogen-bond donors (Lipinski definition) is 2. The molecule has 0 bridgehead atoms.